The van der Waals surface area contributed by atoms with Crippen LogP contribution in [0.2, 0.25) is 0 Å². The lowest BCUT2D eigenvalue weighted by atomic mass is 9.95. The Bertz CT molecular complexity index is 356. The first-order chi connectivity index (χ1) is 7.68. The van der Waals surface area contributed by atoms with E-state index in [2.05, 4.69) is 28.9 Å². The van der Waals surface area contributed by atoms with Crippen LogP contribution >= 0.6 is 15.9 Å². The van der Waals surface area contributed by atoms with E-state index in [9.17, 15) is 5.11 Å². The van der Waals surface area contributed by atoms with Crippen molar-refractivity contribution in [3.05, 3.63) is 33.8 Å². The summed E-state index contributed by atoms with van der Waals surface area (Å²) in [6.45, 7) is 2.07. The summed E-state index contributed by atoms with van der Waals surface area (Å²) >= 11 is 3.57. The number of aliphatic hydroxyl groups excluding tert-OH is 1. The molecule has 88 valence electrons. The lowest BCUT2D eigenvalue weighted by molar-refractivity contribution is 0.144. The summed E-state index contributed by atoms with van der Waals surface area (Å²) < 4.78 is 1.07. The van der Waals surface area contributed by atoms with Gasteiger partial charge in [-0.1, -0.05) is 59.8 Å². The van der Waals surface area contributed by atoms with Crippen LogP contribution in [0.5, 0.6) is 0 Å². The molecule has 1 saturated carbocycles. The molecule has 0 aromatic heterocycles. The molecule has 16 heavy (non-hydrogen) atoms. The zero-order valence-electron chi connectivity index (χ0n) is 9.75. The number of benzene rings is 1. The fourth-order valence-electron chi connectivity index (χ4n) is 2.62. The summed E-state index contributed by atoms with van der Waals surface area (Å²) in [5.41, 5.74) is 2.25. The Morgan fingerprint density at radius 3 is 2.75 bits per heavy atom. The van der Waals surface area contributed by atoms with Crippen LogP contribution in [0, 0.1) is 12.8 Å². The second-order valence-electron chi connectivity index (χ2n) is 4.88. The first kappa shape index (κ1) is 12.1. The summed E-state index contributed by atoms with van der Waals surface area (Å²) in [6, 6.07) is 6.11. The van der Waals surface area contributed by atoms with Gasteiger partial charge in [-0.15, -0.1) is 0 Å². The molecule has 2 heteroatoms. The van der Waals surface area contributed by atoms with E-state index in [1.165, 1.54) is 31.2 Å². The molecule has 1 aromatic carbocycles. The van der Waals surface area contributed by atoms with Gasteiger partial charge in [0, 0.05) is 4.47 Å². The summed E-state index contributed by atoms with van der Waals surface area (Å²) in [5.74, 6) is 0.724. The molecule has 1 atom stereocenters. The van der Waals surface area contributed by atoms with Gasteiger partial charge in [-0.25, -0.2) is 0 Å². The SMILES string of the molecule is Cc1cccc(C(O)CC2CCCC2)c1Br. The molecule has 1 unspecified atom stereocenters. The van der Waals surface area contributed by atoms with Gasteiger partial charge in [0.05, 0.1) is 6.10 Å². The third-order valence-electron chi connectivity index (χ3n) is 3.61. The molecule has 0 amide bonds. The van der Waals surface area contributed by atoms with Crippen molar-refractivity contribution in [2.75, 3.05) is 0 Å². The predicted octanol–water partition coefficient (Wildman–Crippen LogP) is 4.37. The quantitative estimate of drug-likeness (QED) is 0.873. The number of hydrogen-bond donors (Lipinski definition) is 1. The number of halogens is 1. The summed E-state index contributed by atoms with van der Waals surface area (Å²) in [5, 5.41) is 10.3. The standard InChI is InChI=1S/C14H19BrO/c1-10-5-4-8-12(14(10)15)13(16)9-11-6-2-3-7-11/h4-5,8,11,13,16H,2-3,6-7,9H2,1H3. The van der Waals surface area contributed by atoms with Gasteiger partial charge in [0.25, 0.3) is 0 Å². The van der Waals surface area contributed by atoms with Gasteiger partial charge in [-0.05, 0) is 30.4 Å². The zero-order chi connectivity index (χ0) is 11.5. The van der Waals surface area contributed by atoms with E-state index >= 15 is 0 Å². The van der Waals surface area contributed by atoms with Crippen molar-refractivity contribution in [2.24, 2.45) is 5.92 Å². The molecule has 0 saturated heterocycles. The first-order valence-electron chi connectivity index (χ1n) is 6.11. The topological polar surface area (TPSA) is 20.2 Å². The lowest BCUT2D eigenvalue weighted by Gasteiger charge is -2.17. The van der Waals surface area contributed by atoms with E-state index in [0.29, 0.717) is 0 Å². The maximum Gasteiger partial charge on any atom is 0.0803 e. The van der Waals surface area contributed by atoms with Crippen molar-refractivity contribution in [3.63, 3.8) is 0 Å². The lowest BCUT2D eigenvalue weighted by Crippen LogP contribution is -2.05. The molecule has 1 aromatic rings. The Labute approximate surface area is 106 Å². The minimum atomic E-state index is -0.308. The third kappa shape index (κ3) is 2.67. The first-order valence-corrected chi connectivity index (χ1v) is 6.91. The second kappa shape index (κ2) is 5.33. The van der Waals surface area contributed by atoms with Gasteiger partial charge in [0.1, 0.15) is 0 Å². The average molecular weight is 283 g/mol. The fourth-order valence-corrected chi connectivity index (χ4v) is 3.14. The molecule has 1 N–H and O–H groups in total. The summed E-state index contributed by atoms with van der Waals surface area (Å²) in [6.07, 6.45) is 5.87. The smallest absolute Gasteiger partial charge is 0.0803 e. The van der Waals surface area contributed by atoms with E-state index in [0.717, 1.165) is 22.4 Å². The van der Waals surface area contributed by atoms with Crippen molar-refractivity contribution in [1.82, 2.24) is 0 Å². The second-order valence-corrected chi connectivity index (χ2v) is 5.67. The van der Waals surface area contributed by atoms with Crippen LogP contribution in [0.3, 0.4) is 0 Å². The number of hydrogen-bond acceptors (Lipinski definition) is 1. The van der Waals surface area contributed by atoms with E-state index in [4.69, 9.17) is 0 Å². The Morgan fingerprint density at radius 2 is 2.06 bits per heavy atom. The van der Waals surface area contributed by atoms with Gasteiger partial charge >= 0.3 is 0 Å². The molecule has 0 aliphatic heterocycles. The zero-order valence-corrected chi connectivity index (χ0v) is 11.3. The summed E-state index contributed by atoms with van der Waals surface area (Å²) in [7, 11) is 0. The molecule has 1 nitrogen and oxygen atoms in total. The van der Waals surface area contributed by atoms with Gasteiger partial charge in [0.15, 0.2) is 0 Å². The molecule has 0 spiro atoms. The van der Waals surface area contributed by atoms with Crippen molar-refractivity contribution in [3.8, 4) is 0 Å². The van der Waals surface area contributed by atoms with Gasteiger partial charge < -0.3 is 5.11 Å². The van der Waals surface area contributed by atoms with E-state index in [1.807, 2.05) is 12.1 Å². The molecule has 0 heterocycles. The van der Waals surface area contributed by atoms with E-state index < -0.39 is 0 Å². The third-order valence-corrected chi connectivity index (χ3v) is 4.70. The van der Waals surface area contributed by atoms with Gasteiger partial charge in [-0.3, -0.25) is 0 Å². The monoisotopic (exact) mass is 282 g/mol. The van der Waals surface area contributed by atoms with Crippen molar-refractivity contribution < 1.29 is 5.11 Å². The van der Waals surface area contributed by atoms with Crippen LogP contribution in [0.15, 0.2) is 22.7 Å². The minimum absolute atomic E-state index is 0.308. The number of rotatable bonds is 3. The Balaban J connectivity index is 2.07. The Morgan fingerprint density at radius 1 is 1.38 bits per heavy atom. The van der Waals surface area contributed by atoms with Crippen molar-refractivity contribution >= 4 is 15.9 Å². The van der Waals surface area contributed by atoms with Crippen LogP contribution in [0.1, 0.15) is 49.3 Å². The van der Waals surface area contributed by atoms with Crippen LogP contribution in [0.25, 0.3) is 0 Å². The number of aryl methyl sites for hydroxylation is 1. The highest BCUT2D eigenvalue weighted by atomic mass is 79.9. The van der Waals surface area contributed by atoms with Crippen LogP contribution in [-0.4, -0.2) is 5.11 Å². The molecular weight excluding hydrogens is 264 g/mol. The molecule has 1 fully saturated rings. The van der Waals surface area contributed by atoms with Crippen molar-refractivity contribution in [2.45, 2.75) is 45.1 Å². The molecule has 0 bridgehead atoms. The summed E-state index contributed by atoms with van der Waals surface area (Å²) in [4.78, 5) is 0. The highest BCUT2D eigenvalue weighted by Crippen LogP contribution is 2.35. The highest BCUT2D eigenvalue weighted by molar-refractivity contribution is 9.10. The average Bonchev–Trinajstić information content (AvgIpc) is 2.74. The molecule has 2 rings (SSSR count). The molecular formula is C14H19BrO. The fraction of sp³-hybridized carbons (Fsp3) is 0.571. The minimum Gasteiger partial charge on any atom is -0.388 e. The highest BCUT2D eigenvalue weighted by Gasteiger charge is 2.21. The van der Waals surface area contributed by atoms with E-state index in [-0.39, 0.29) is 6.10 Å². The molecule has 1 aliphatic carbocycles. The van der Waals surface area contributed by atoms with Crippen molar-refractivity contribution in [1.29, 1.82) is 0 Å². The maximum atomic E-state index is 10.3. The van der Waals surface area contributed by atoms with Gasteiger partial charge in [-0.2, -0.15) is 0 Å². The van der Waals surface area contributed by atoms with Gasteiger partial charge in [0.2, 0.25) is 0 Å². The normalized spacial score (nSPS) is 18.9. The van der Waals surface area contributed by atoms with Crippen LogP contribution in [0.4, 0.5) is 0 Å². The van der Waals surface area contributed by atoms with Crippen LogP contribution < -0.4 is 0 Å². The number of aliphatic hydroxyl groups is 1. The van der Waals surface area contributed by atoms with Crippen LogP contribution in [-0.2, 0) is 0 Å². The molecule has 1 aliphatic rings. The Kier molecular flexibility index (Phi) is 4.04. The largest absolute Gasteiger partial charge is 0.388 e. The molecule has 0 radical (unpaired) electrons. The maximum absolute atomic E-state index is 10.3. The predicted molar refractivity (Wildman–Crippen MR) is 70.4 cm³/mol. The Hall–Kier alpha value is -0.340. The van der Waals surface area contributed by atoms with E-state index in [1.54, 1.807) is 0 Å².